The van der Waals surface area contributed by atoms with E-state index in [9.17, 15) is 9.90 Å². The number of carbonyl (C=O) groups is 1. The highest BCUT2D eigenvalue weighted by molar-refractivity contribution is 7.09. The van der Waals surface area contributed by atoms with Crippen LogP contribution in [0.4, 0.5) is 0 Å². The van der Waals surface area contributed by atoms with E-state index < -0.39 is 0 Å². The first-order chi connectivity index (χ1) is 10.8. The molecule has 5 nitrogen and oxygen atoms in total. The molecule has 1 saturated heterocycles. The van der Waals surface area contributed by atoms with Crippen molar-refractivity contribution in [1.29, 1.82) is 0 Å². The summed E-state index contributed by atoms with van der Waals surface area (Å²) in [5.74, 6) is -0.201. The lowest BCUT2D eigenvalue weighted by Crippen LogP contribution is -2.23. The van der Waals surface area contributed by atoms with E-state index in [1.807, 2.05) is 24.3 Å². The molecular weight excluding hydrogens is 300 g/mol. The Bertz CT molecular complexity index is 650. The second kappa shape index (κ2) is 7.00. The first-order valence-corrected chi connectivity index (χ1v) is 8.19. The molecule has 1 aromatic heterocycles. The van der Waals surface area contributed by atoms with Crippen LogP contribution in [0.1, 0.15) is 45.6 Å². The molecule has 6 heteroatoms. The highest BCUT2D eigenvalue weighted by atomic mass is 32.1. The molecule has 0 saturated carbocycles. The largest absolute Gasteiger partial charge is 0.392 e. The summed E-state index contributed by atoms with van der Waals surface area (Å²) >= 11 is 1.47. The normalized spacial score (nSPS) is 17.6. The molecule has 1 unspecified atom stereocenters. The van der Waals surface area contributed by atoms with E-state index in [1.54, 1.807) is 5.38 Å². The fraction of sp³-hybridized carbons (Fsp3) is 0.375. The van der Waals surface area contributed by atoms with Crippen LogP contribution >= 0.6 is 11.3 Å². The Hall–Kier alpha value is -1.76. The number of benzene rings is 1. The number of hydrogen-bond acceptors (Lipinski definition) is 5. The van der Waals surface area contributed by atoms with Gasteiger partial charge >= 0.3 is 0 Å². The van der Waals surface area contributed by atoms with Crippen LogP contribution in [0, 0.1) is 0 Å². The molecule has 0 aliphatic carbocycles. The predicted octanol–water partition coefficient (Wildman–Crippen LogP) is 2.42. The van der Waals surface area contributed by atoms with Crippen molar-refractivity contribution in [2.75, 3.05) is 6.61 Å². The highest BCUT2D eigenvalue weighted by Gasteiger charge is 2.22. The number of ether oxygens (including phenoxy) is 1. The van der Waals surface area contributed by atoms with Gasteiger partial charge < -0.3 is 15.2 Å². The average molecular weight is 318 g/mol. The summed E-state index contributed by atoms with van der Waals surface area (Å²) in [6.07, 6.45) is 2.06. The predicted molar refractivity (Wildman–Crippen MR) is 83.6 cm³/mol. The maximum atomic E-state index is 12.2. The Labute approximate surface area is 133 Å². The topological polar surface area (TPSA) is 71.5 Å². The van der Waals surface area contributed by atoms with Crippen LogP contribution in [0.2, 0.25) is 0 Å². The second-order valence-electron chi connectivity index (χ2n) is 5.18. The van der Waals surface area contributed by atoms with Crippen molar-refractivity contribution in [3.05, 3.63) is 51.5 Å². The molecule has 0 radical (unpaired) electrons. The monoisotopic (exact) mass is 318 g/mol. The first kappa shape index (κ1) is 15.1. The maximum Gasteiger partial charge on any atom is 0.271 e. The fourth-order valence-electron chi connectivity index (χ4n) is 2.46. The number of carbonyl (C=O) groups excluding carboxylic acids is 1. The van der Waals surface area contributed by atoms with E-state index in [0.29, 0.717) is 12.2 Å². The summed E-state index contributed by atoms with van der Waals surface area (Å²) in [7, 11) is 0. The van der Waals surface area contributed by atoms with Gasteiger partial charge in [0.2, 0.25) is 0 Å². The maximum absolute atomic E-state index is 12.2. The summed E-state index contributed by atoms with van der Waals surface area (Å²) in [5.41, 5.74) is 2.16. The molecule has 0 spiro atoms. The van der Waals surface area contributed by atoms with Crippen molar-refractivity contribution in [2.45, 2.75) is 32.1 Å². The summed E-state index contributed by atoms with van der Waals surface area (Å²) in [5, 5.41) is 14.8. The lowest BCUT2D eigenvalue weighted by Gasteiger charge is -2.08. The van der Waals surface area contributed by atoms with Crippen molar-refractivity contribution in [3.8, 4) is 0 Å². The van der Waals surface area contributed by atoms with Gasteiger partial charge in [-0.1, -0.05) is 24.3 Å². The molecule has 1 atom stereocenters. The third-order valence-corrected chi connectivity index (χ3v) is 4.62. The minimum atomic E-state index is -0.201. The molecule has 2 heterocycles. The van der Waals surface area contributed by atoms with E-state index >= 15 is 0 Å². The number of aliphatic hydroxyl groups excluding tert-OH is 1. The van der Waals surface area contributed by atoms with E-state index in [-0.39, 0.29) is 18.6 Å². The quantitative estimate of drug-likeness (QED) is 0.888. The molecule has 1 aliphatic rings. The molecule has 2 N–H and O–H groups in total. The van der Waals surface area contributed by atoms with E-state index in [0.717, 1.165) is 35.6 Å². The summed E-state index contributed by atoms with van der Waals surface area (Å²) in [6.45, 7) is 1.11. The number of nitrogens with one attached hydrogen (secondary N) is 1. The average Bonchev–Trinajstić information content (AvgIpc) is 3.23. The Morgan fingerprint density at radius 3 is 2.95 bits per heavy atom. The lowest BCUT2D eigenvalue weighted by atomic mass is 10.1. The van der Waals surface area contributed by atoms with Crippen molar-refractivity contribution in [3.63, 3.8) is 0 Å². The highest BCUT2D eigenvalue weighted by Crippen LogP contribution is 2.30. The van der Waals surface area contributed by atoms with Crippen LogP contribution in [-0.2, 0) is 17.9 Å². The van der Waals surface area contributed by atoms with Crippen LogP contribution in [0.25, 0.3) is 0 Å². The number of thiazole rings is 1. The number of amides is 1. The number of rotatable bonds is 5. The van der Waals surface area contributed by atoms with Gasteiger partial charge in [0.25, 0.3) is 5.91 Å². The minimum absolute atomic E-state index is 0.0358. The molecule has 2 aromatic rings. The zero-order valence-corrected chi connectivity index (χ0v) is 12.9. The van der Waals surface area contributed by atoms with Crippen LogP contribution in [0.15, 0.2) is 29.6 Å². The Balaban J connectivity index is 1.62. The van der Waals surface area contributed by atoms with Gasteiger partial charge in [0.15, 0.2) is 0 Å². The Morgan fingerprint density at radius 2 is 2.23 bits per heavy atom. The van der Waals surface area contributed by atoms with Gasteiger partial charge in [-0.3, -0.25) is 4.79 Å². The summed E-state index contributed by atoms with van der Waals surface area (Å²) in [6, 6.07) is 7.49. The number of hydrogen-bond donors (Lipinski definition) is 2. The van der Waals surface area contributed by atoms with Gasteiger partial charge in [-0.05, 0) is 24.0 Å². The molecule has 116 valence electrons. The van der Waals surface area contributed by atoms with Crippen molar-refractivity contribution < 1.29 is 14.6 Å². The molecule has 22 heavy (non-hydrogen) atoms. The number of aliphatic hydroxyl groups is 1. The van der Waals surface area contributed by atoms with Crippen molar-refractivity contribution in [1.82, 2.24) is 10.3 Å². The van der Waals surface area contributed by atoms with E-state index in [2.05, 4.69) is 10.3 Å². The smallest absolute Gasteiger partial charge is 0.271 e. The fourth-order valence-corrected chi connectivity index (χ4v) is 3.34. The van der Waals surface area contributed by atoms with Crippen molar-refractivity contribution in [2.24, 2.45) is 0 Å². The van der Waals surface area contributed by atoms with Crippen LogP contribution in [0.3, 0.4) is 0 Å². The van der Waals surface area contributed by atoms with Crippen molar-refractivity contribution >= 4 is 17.2 Å². The van der Waals surface area contributed by atoms with Crippen LogP contribution < -0.4 is 5.32 Å². The van der Waals surface area contributed by atoms with Gasteiger partial charge in [-0.25, -0.2) is 4.98 Å². The molecule has 3 rings (SSSR count). The zero-order chi connectivity index (χ0) is 15.4. The number of nitrogens with zero attached hydrogens (tertiary/aromatic N) is 1. The summed E-state index contributed by atoms with van der Waals surface area (Å²) in [4.78, 5) is 16.6. The Kier molecular flexibility index (Phi) is 4.82. The van der Waals surface area contributed by atoms with E-state index in [4.69, 9.17) is 4.74 Å². The molecule has 1 amide bonds. The van der Waals surface area contributed by atoms with Gasteiger partial charge in [-0.15, -0.1) is 11.3 Å². The van der Waals surface area contributed by atoms with Gasteiger partial charge in [0, 0.05) is 18.5 Å². The SMILES string of the molecule is O=C(NCc1ccccc1CO)c1csc(C2CCCO2)n1. The third-order valence-electron chi connectivity index (χ3n) is 3.69. The van der Waals surface area contributed by atoms with Crippen LogP contribution in [-0.4, -0.2) is 22.6 Å². The molecule has 1 fully saturated rings. The molecule has 0 bridgehead atoms. The Morgan fingerprint density at radius 1 is 1.41 bits per heavy atom. The molecular formula is C16H18N2O3S. The summed E-state index contributed by atoms with van der Waals surface area (Å²) < 4.78 is 5.58. The second-order valence-corrected chi connectivity index (χ2v) is 6.07. The van der Waals surface area contributed by atoms with Crippen LogP contribution in [0.5, 0.6) is 0 Å². The van der Waals surface area contributed by atoms with E-state index in [1.165, 1.54) is 11.3 Å². The zero-order valence-electron chi connectivity index (χ0n) is 12.1. The van der Waals surface area contributed by atoms with Gasteiger partial charge in [0.05, 0.1) is 6.61 Å². The number of aromatic nitrogens is 1. The standard InChI is InChI=1S/C16H18N2O3S/c19-9-12-5-2-1-4-11(12)8-17-15(20)13-10-22-16(18-13)14-6-3-7-21-14/h1-2,4-5,10,14,19H,3,6-9H2,(H,17,20). The first-order valence-electron chi connectivity index (χ1n) is 7.31. The molecule has 1 aliphatic heterocycles. The minimum Gasteiger partial charge on any atom is -0.392 e. The third kappa shape index (κ3) is 3.35. The lowest BCUT2D eigenvalue weighted by molar-refractivity contribution is 0.0943. The van der Waals surface area contributed by atoms with Gasteiger partial charge in [-0.2, -0.15) is 0 Å². The molecule has 1 aromatic carbocycles. The van der Waals surface area contributed by atoms with Gasteiger partial charge in [0.1, 0.15) is 16.8 Å².